The van der Waals surface area contributed by atoms with Crippen molar-refractivity contribution in [2.45, 2.75) is 37.6 Å². The van der Waals surface area contributed by atoms with Crippen LogP contribution < -0.4 is 15.5 Å². The number of nitrogens with one attached hydrogen (secondary N) is 1. The highest BCUT2D eigenvalue weighted by Gasteiger charge is 2.31. The zero-order chi connectivity index (χ0) is 26.7. The van der Waals surface area contributed by atoms with Crippen molar-refractivity contribution in [3.05, 3.63) is 53.8 Å². The van der Waals surface area contributed by atoms with Crippen molar-refractivity contribution in [3.63, 3.8) is 0 Å². The Morgan fingerprint density at radius 1 is 1.14 bits per heavy atom. The number of benzene rings is 2. The summed E-state index contributed by atoms with van der Waals surface area (Å²) < 4.78 is 42.2. The average Bonchev–Trinajstić information content (AvgIpc) is 2.86. The molecule has 2 aliphatic heterocycles. The number of thioether (sulfide) groups is 1. The first-order valence-corrected chi connectivity index (χ1v) is 14.3. The van der Waals surface area contributed by atoms with Gasteiger partial charge in [0.2, 0.25) is 5.91 Å². The van der Waals surface area contributed by atoms with Gasteiger partial charge in [-0.05, 0) is 86.5 Å². The average molecular weight is 551 g/mol. The molecule has 4 rings (SSSR count). The van der Waals surface area contributed by atoms with E-state index in [1.165, 1.54) is 25.1 Å². The summed E-state index contributed by atoms with van der Waals surface area (Å²) in [7, 11) is -3.97. The van der Waals surface area contributed by atoms with E-state index in [4.69, 9.17) is 11.1 Å². The minimum absolute atomic E-state index is 0. The molecule has 1 fully saturated rings. The molecule has 1 atom stereocenters. The quantitative estimate of drug-likeness (QED) is 0.431. The van der Waals surface area contributed by atoms with Crippen LogP contribution in [0.3, 0.4) is 0 Å². The zero-order valence-corrected chi connectivity index (χ0v) is 22.5. The van der Waals surface area contributed by atoms with E-state index in [-0.39, 0.29) is 35.7 Å². The highest BCUT2D eigenvalue weighted by Crippen LogP contribution is 2.30. The molecule has 0 unspecified atom stereocenters. The summed E-state index contributed by atoms with van der Waals surface area (Å²) in [5, 5.41) is 7.34. The lowest BCUT2D eigenvalue weighted by atomic mass is 9.99. The number of nitrogens with zero attached hydrogens (tertiary/aromatic N) is 4. The van der Waals surface area contributed by atoms with E-state index in [1.807, 2.05) is 11.8 Å². The molecular weight excluding hydrogens is 515 g/mol. The minimum atomic E-state index is -3.97. The van der Waals surface area contributed by atoms with Gasteiger partial charge in [0.05, 0.1) is 9.94 Å². The summed E-state index contributed by atoms with van der Waals surface area (Å²) in [5.41, 5.74) is 8.34. The fourth-order valence-electron chi connectivity index (χ4n) is 4.76. The molecule has 9 nitrogen and oxygen atoms in total. The number of hydrogen-bond acceptors (Lipinski definition) is 7. The van der Waals surface area contributed by atoms with Crippen LogP contribution in [0.15, 0.2) is 51.8 Å². The fourth-order valence-corrected chi connectivity index (χ4v) is 6.33. The van der Waals surface area contributed by atoms with Gasteiger partial charge in [0, 0.05) is 47.0 Å². The van der Waals surface area contributed by atoms with Gasteiger partial charge >= 0.3 is 0 Å². The lowest BCUT2D eigenvalue weighted by Crippen LogP contribution is -2.55. The lowest BCUT2D eigenvalue weighted by molar-refractivity contribution is -0.132. The van der Waals surface area contributed by atoms with Crippen LogP contribution in [0, 0.1) is 11.2 Å². The molecule has 2 heterocycles. The molecule has 3 N–H and O–H groups in total. The lowest BCUT2D eigenvalue weighted by Gasteiger charge is -2.41. The maximum absolute atomic E-state index is 13.7. The first-order valence-electron chi connectivity index (χ1n) is 12.1. The standard InChI is InChI=1S/C25H31FN6O3S2.2H2/c1-17(32-11-3-4-19-16-20(26)5-10-23(19)32)24(33)31-14-12-30(13-15-31)21-6-8-22(9-7-21)37(34,35)29-25(28)36-18(2)27;;/h5-10,16-17,27H,3-4,11-15H2,1-2H3,(H2,28,29);2*1H/t17-;;/m1../s1. The number of aryl methyl sites for hydroxylation is 1. The summed E-state index contributed by atoms with van der Waals surface area (Å²) in [5.74, 6) is -0.207. The molecule has 1 saturated heterocycles. The maximum Gasteiger partial charge on any atom is 0.284 e. The van der Waals surface area contributed by atoms with Crippen LogP contribution in [0.2, 0.25) is 0 Å². The fraction of sp³-hybridized carbons (Fsp3) is 0.400. The highest BCUT2D eigenvalue weighted by atomic mass is 32.2. The van der Waals surface area contributed by atoms with E-state index in [0.717, 1.165) is 48.1 Å². The Balaban J connectivity index is 0.00000267. The van der Waals surface area contributed by atoms with E-state index in [1.54, 1.807) is 24.3 Å². The Morgan fingerprint density at radius 2 is 1.81 bits per heavy atom. The van der Waals surface area contributed by atoms with E-state index in [9.17, 15) is 17.6 Å². The van der Waals surface area contributed by atoms with Crippen molar-refractivity contribution in [3.8, 4) is 0 Å². The molecule has 2 aromatic rings. The Kier molecular flexibility index (Phi) is 8.08. The number of hydrogen-bond donors (Lipinski definition) is 2. The number of halogens is 1. The van der Waals surface area contributed by atoms with Crippen LogP contribution >= 0.6 is 11.8 Å². The van der Waals surface area contributed by atoms with Gasteiger partial charge in [0.15, 0.2) is 5.17 Å². The van der Waals surface area contributed by atoms with Gasteiger partial charge in [0.1, 0.15) is 11.9 Å². The first-order chi connectivity index (χ1) is 17.5. The third-order valence-electron chi connectivity index (χ3n) is 6.58. The van der Waals surface area contributed by atoms with Crippen molar-refractivity contribution < 1.29 is 20.5 Å². The Hall–Kier alpha value is -3.12. The normalized spacial score (nSPS) is 17.4. The van der Waals surface area contributed by atoms with Gasteiger partial charge in [-0.3, -0.25) is 10.2 Å². The van der Waals surface area contributed by atoms with Gasteiger partial charge in [-0.25, -0.2) is 4.39 Å². The summed E-state index contributed by atoms with van der Waals surface area (Å²) >= 11 is 0.786. The van der Waals surface area contributed by atoms with Crippen LogP contribution in [0.4, 0.5) is 15.8 Å². The molecule has 0 saturated carbocycles. The molecule has 0 bridgehead atoms. The highest BCUT2D eigenvalue weighted by molar-refractivity contribution is 8.26. The first kappa shape index (κ1) is 26.9. The van der Waals surface area contributed by atoms with Crippen molar-refractivity contribution in [1.82, 2.24) is 4.90 Å². The van der Waals surface area contributed by atoms with E-state index in [2.05, 4.69) is 14.2 Å². The number of piperazine rings is 1. The van der Waals surface area contributed by atoms with E-state index >= 15 is 0 Å². The molecule has 37 heavy (non-hydrogen) atoms. The van der Waals surface area contributed by atoms with Gasteiger partial charge in [0.25, 0.3) is 10.0 Å². The topological polar surface area (TPSA) is 123 Å². The van der Waals surface area contributed by atoms with Gasteiger partial charge in [-0.1, -0.05) is 0 Å². The molecule has 0 spiro atoms. The second kappa shape index (κ2) is 11.1. The monoisotopic (exact) mass is 550 g/mol. The third-order valence-corrected chi connectivity index (χ3v) is 8.61. The second-order valence-electron chi connectivity index (χ2n) is 9.12. The molecular formula is C25H35FN6O3S2. The summed E-state index contributed by atoms with van der Waals surface area (Å²) in [6.07, 6.45) is 1.69. The molecule has 0 aromatic heterocycles. The van der Waals surface area contributed by atoms with Crippen LogP contribution in [0.1, 0.15) is 28.7 Å². The van der Waals surface area contributed by atoms with Gasteiger partial charge in [-0.15, -0.1) is 4.40 Å². The SMILES string of the molecule is CC(=N)SC(N)=NS(=O)(=O)c1ccc(N2CCN(C(=O)[C@@H](C)N3CCCc4cc(F)ccc43)CC2)cc1.[HH].[HH]. The van der Waals surface area contributed by atoms with Crippen LogP contribution in [0.5, 0.6) is 0 Å². The van der Waals surface area contributed by atoms with Crippen molar-refractivity contribution in [2.24, 2.45) is 10.1 Å². The molecule has 0 aliphatic carbocycles. The second-order valence-corrected chi connectivity index (χ2v) is 12.0. The minimum Gasteiger partial charge on any atom is -0.377 e. The molecule has 2 aromatic carbocycles. The zero-order valence-electron chi connectivity index (χ0n) is 20.9. The third kappa shape index (κ3) is 6.24. The van der Waals surface area contributed by atoms with Crippen molar-refractivity contribution in [1.29, 1.82) is 5.41 Å². The number of nitrogens with two attached hydrogens (primary N) is 1. The molecule has 202 valence electrons. The molecule has 0 radical (unpaired) electrons. The Morgan fingerprint density at radius 3 is 2.46 bits per heavy atom. The Labute approximate surface area is 224 Å². The number of carbonyl (C=O) groups excluding carboxylic acids is 1. The van der Waals surface area contributed by atoms with E-state index < -0.39 is 10.0 Å². The molecule has 1 amide bonds. The number of anilines is 2. The van der Waals surface area contributed by atoms with E-state index in [0.29, 0.717) is 26.2 Å². The predicted octanol–water partition coefficient (Wildman–Crippen LogP) is 3.54. The number of fused-ring (bicyclic) bond motifs is 1. The summed E-state index contributed by atoms with van der Waals surface area (Å²) in [4.78, 5) is 19.4. The van der Waals surface area contributed by atoms with Crippen LogP contribution in [-0.2, 0) is 21.2 Å². The van der Waals surface area contributed by atoms with Gasteiger partial charge < -0.3 is 20.4 Å². The summed E-state index contributed by atoms with van der Waals surface area (Å²) in [6, 6.07) is 10.8. The number of rotatable bonds is 5. The number of sulfonamides is 1. The summed E-state index contributed by atoms with van der Waals surface area (Å²) in [6.45, 7) is 6.50. The Bertz CT molecular complexity index is 1320. The largest absolute Gasteiger partial charge is 0.377 e. The number of amides is 1. The van der Waals surface area contributed by atoms with Gasteiger partial charge in [-0.2, -0.15) is 8.42 Å². The molecule has 2 aliphatic rings. The number of amidine groups is 1. The predicted molar refractivity (Wildman–Crippen MR) is 151 cm³/mol. The van der Waals surface area contributed by atoms with Crippen molar-refractivity contribution in [2.75, 3.05) is 42.5 Å². The van der Waals surface area contributed by atoms with Crippen LogP contribution in [-0.4, -0.2) is 68.2 Å². The molecule has 12 heteroatoms. The van der Waals surface area contributed by atoms with Crippen molar-refractivity contribution >= 4 is 49.3 Å². The smallest absolute Gasteiger partial charge is 0.284 e. The number of carbonyl (C=O) groups is 1. The van der Waals surface area contributed by atoms with Crippen LogP contribution in [0.25, 0.3) is 0 Å². The maximum atomic E-state index is 13.7.